The fourth-order valence-corrected chi connectivity index (χ4v) is 2.18. The topological polar surface area (TPSA) is 30.2 Å². The maximum Gasteiger partial charge on any atom is 0.130 e. The number of hydrogen-bond donors (Lipinski definition) is 0. The van der Waals surface area contributed by atoms with Gasteiger partial charge in [0.1, 0.15) is 12.0 Å². The molecule has 1 aliphatic heterocycles. The number of aromatic nitrogens is 2. The first-order valence-electron chi connectivity index (χ1n) is 5.48. The van der Waals surface area contributed by atoms with Crippen LogP contribution in [0.4, 0.5) is 0 Å². The molecule has 2 heterocycles. The van der Waals surface area contributed by atoms with Crippen molar-refractivity contribution >= 4 is 17.2 Å². The highest BCUT2D eigenvalue weighted by atomic mass is 15.2. The molecule has 2 aromatic rings. The van der Waals surface area contributed by atoms with Crippen molar-refractivity contribution < 1.29 is 0 Å². The van der Waals surface area contributed by atoms with Crippen LogP contribution in [-0.4, -0.2) is 15.8 Å². The van der Waals surface area contributed by atoms with E-state index >= 15 is 0 Å². The second-order valence-corrected chi connectivity index (χ2v) is 3.96. The molecule has 3 heteroatoms. The Hall–Kier alpha value is -1.90. The average Bonchev–Trinajstić information content (AvgIpc) is 2.66. The molecular weight excluding hydrogens is 198 g/mol. The summed E-state index contributed by atoms with van der Waals surface area (Å²) in [7, 11) is 0. The molecule has 1 aromatic heterocycles. The number of imidazole rings is 1. The Bertz CT molecular complexity index is 578. The fraction of sp³-hybridized carbons (Fsp3) is 0.231. The Morgan fingerprint density at radius 2 is 2.19 bits per heavy atom. The Morgan fingerprint density at radius 1 is 1.31 bits per heavy atom. The minimum Gasteiger partial charge on any atom is -0.305 e. The van der Waals surface area contributed by atoms with Crippen LogP contribution in [-0.2, 0) is 0 Å². The number of aliphatic imine (C=N–C) groups is 1. The van der Waals surface area contributed by atoms with Crippen molar-refractivity contribution in [2.24, 2.45) is 4.99 Å². The van der Waals surface area contributed by atoms with Crippen LogP contribution >= 0.6 is 0 Å². The summed E-state index contributed by atoms with van der Waals surface area (Å²) in [6, 6.07) is 8.20. The van der Waals surface area contributed by atoms with Gasteiger partial charge in [-0.3, -0.25) is 4.99 Å². The predicted octanol–water partition coefficient (Wildman–Crippen LogP) is 2.87. The first-order chi connectivity index (χ1) is 7.86. The highest BCUT2D eigenvalue weighted by Crippen LogP contribution is 2.25. The van der Waals surface area contributed by atoms with Crippen LogP contribution in [0.2, 0.25) is 0 Å². The second kappa shape index (κ2) is 3.59. The molecule has 1 atom stereocenters. The van der Waals surface area contributed by atoms with Gasteiger partial charge in [-0.2, -0.15) is 0 Å². The molecule has 3 rings (SSSR count). The van der Waals surface area contributed by atoms with Crippen LogP contribution in [0.15, 0.2) is 41.4 Å². The second-order valence-electron chi connectivity index (χ2n) is 3.96. The van der Waals surface area contributed by atoms with Gasteiger partial charge in [-0.05, 0) is 25.1 Å². The van der Waals surface area contributed by atoms with E-state index in [4.69, 9.17) is 0 Å². The molecular formula is C13H13N3. The van der Waals surface area contributed by atoms with E-state index in [1.807, 2.05) is 37.4 Å². The third-order valence-electron chi connectivity index (χ3n) is 2.90. The van der Waals surface area contributed by atoms with E-state index in [1.54, 1.807) is 0 Å². The molecule has 0 bridgehead atoms. The summed E-state index contributed by atoms with van der Waals surface area (Å²) in [5, 5.41) is 0. The lowest BCUT2D eigenvalue weighted by Crippen LogP contribution is -2.09. The van der Waals surface area contributed by atoms with Crippen molar-refractivity contribution in [2.45, 2.75) is 19.5 Å². The molecule has 0 aliphatic carbocycles. The van der Waals surface area contributed by atoms with Gasteiger partial charge in [0, 0.05) is 12.6 Å². The molecule has 0 amide bonds. The van der Waals surface area contributed by atoms with Crippen molar-refractivity contribution in [1.29, 1.82) is 0 Å². The van der Waals surface area contributed by atoms with Gasteiger partial charge in [0.25, 0.3) is 0 Å². The lowest BCUT2D eigenvalue weighted by Gasteiger charge is -2.16. The summed E-state index contributed by atoms with van der Waals surface area (Å²) in [4.78, 5) is 9.05. The first-order valence-corrected chi connectivity index (χ1v) is 5.48. The molecule has 0 N–H and O–H groups in total. The Balaban J connectivity index is 2.18. The van der Waals surface area contributed by atoms with Crippen LogP contribution in [0.25, 0.3) is 11.0 Å². The number of nitrogens with zero attached hydrogens (tertiary/aromatic N) is 3. The van der Waals surface area contributed by atoms with Gasteiger partial charge in [-0.15, -0.1) is 0 Å². The molecule has 3 nitrogen and oxygen atoms in total. The molecule has 1 unspecified atom stereocenters. The van der Waals surface area contributed by atoms with Crippen LogP contribution in [0.5, 0.6) is 0 Å². The third-order valence-corrected chi connectivity index (χ3v) is 2.90. The van der Waals surface area contributed by atoms with E-state index in [0.717, 1.165) is 23.3 Å². The number of allylic oxidation sites excluding steroid dienone is 1. The van der Waals surface area contributed by atoms with Crippen molar-refractivity contribution in [2.75, 3.05) is 0 Å². The number of hydrogen-bond acceptors (Lipinski definition) is 2. The smallest absolute Gasteiger partial charge is 0.130 e. The summed E-state index contributed by atoms with van der Waals surface area (Å²) in [6.07, 6.45) is 7.11. The summed E-state index contributed by atoms with van der Waals surface area (Å²) in [5.74, 6) is 1.03. The van der Waals surface area contributed by atoms with Gasteiger partial charge in [-0.1, -0.05) is 18.2 Å². The molecule has 16 heavy (non-hydrogen) atoms. The van der Waals surface area contributed by atoms with Gasteiger partial charge in [0.2, 0.25) is 0 Å². The zero-order chi connectivity index (χ0) is 11.0. The lowest BCUT2D eigenvalue weighted by molar-refractivity contribution is 0.531. The Morgan fingerprint density at radius 3 is 3.00 bits per heavy atom. The maximum absolute atomic E-state index is 4.55. The molecule has 0 radical (unpaired) electrons. The number of rotatable bonds is 1. The van der Waals surface area contributed by atoms with Gasteiger partial charge >= 0.3 is 0 Å². The van der Waals surface area contributed by atoms with E-state index < -0.39 is 0 Å². The number of benzene rings is 1. The summed E-state index contributed by atoms with van der Waals surface area (Å²) < 4.78 is 2.20. The quantitative estimate of drug-likeness (QED) is 0.713. The van der Waals surface area contributed by atoms with Crippen molar-refractivity contribution in [1.82, 2.24) is 9.55 Å². The first kappa shape index (κ1) is 9.33. The van der Waals surface area contributed by atoms with Gasteiger partial charge in [0.15, 0.2) is 0 Å². The van der Waals surface area contributed by atoms with E-state index in [2.05, 4.69) is 26.7 Å². The van der Waals surface area contributed by atoms with Crippen LogP contribution < -0.4 is 0 Å². The predicted molar refractivity (Wildman–Crippen MR) is 65.8 cm³/mol. The molecule has 0 spiro atoms. The van der Waals surface area contributed by atoms with E-state index in [0.29, 0.717) is 0 Å². The van der Waals surface area contributed by atoms with Crippen molar-refractivity contribution in [3.8, 4) is 0 Å². The van der Waals surface area contributed by atoms with Crippen LogP contribution in [0.1, 0.15) is 18.4 Å². The summed E-state index contributed by atoms with van der Waals surface area (Å²) >= 11 is 0. The third kappa shape index (κ3) is 1.36. The van der Waals surface area contributed by atoms with Crippen molar-refractivity contribution in [3.05, 3.63) is 42.2 Å². The van der Waals surface area contributed by atoms with E-state index in [1.165, 1.54) is 0 Å². The highest BCUT2D eigenvalue weighted by Gasteiger charge is 2.15. The van der Waals surface area contributed by atoms with E-state index in [9.17, 15) is 0 Å². The number of aryl methyl sites for hydroxylation is 1. The number of para-hydroxylation sites is 2. The minimum atomic E-state index is 0.164. The Kier molecular flexibility index (Phi) is 2.10. The zero-order valence-corrected chi connectivity index (χ0v) is 9.17. The van der Waals surface area contributed by atoms with Gasteiger partial charge in [0.05, 0.1) is 11.0 Å². The molecule has 1 aromatic carbocycles. The molecule has 0 saturated heterocycles. The van der Waals surface area contributed by atoms with Crippen LogP contribution in [0.3, 0.4) is 0 Å². The fourth-order valence-electron chi connectivity index (χ4n) is 2.18. The largest absolute Gasteiger partial charge is 0.305 e. The SMILES string of the molecule is Cc1nc2ccccc2n1C1CC=CC=N1. The van der Waals surface area contributed by atoms with E-state index in [-0.39, 0.29) is 6.17 Å². The monoisotopic (exact) mass is 211 g/mol. The van der Waals surface area contributed by atoms with Gasteiger partial charge in [-0.25, -0.2) is 4.98 Å². The van der Waals surface area contributed by atoms with Crippen LogP contribution in [0, 0.1) is 6.92 Å². The number of dihydropyridines is 1. The molecule has 0 fully saturated rings. The number of fused-ring (bicyclic) bond motifs is 1. The lowest BCUT2D eigenvalue weighted by atomic mass is 10.2. The minimum absolute atomic E-state index is 0.164. The summed E-state index contributed by atoms with van der Waals surface area (Å²) in [5.41, 5.74) is 2.21. The van der Waals surface area contributed by atoms with Crippen molar-refractivity contribution in [3.63, 3.8) is 0 Å². The zero-order valence-electron chi connectivity index (χ0n) is 9.17. The maximum atomic E-state index is 4.55. The average molecular weight is 211 g/mol. The highest BCUT2D eigenvalue weighted by molar-refractivity contribution is 5.77. The molecule has 80 valence electrons. The standard InChI is InChI=1S/C13H13N3/c1-10-15-11-6-2-3-7-12(11)16(10)13-8-4-5-9-14-13/h2-7,9,13H,8H2,1H3. The molecule has 0 saturated carbocycles. The Labute approximate surface area is 94.1 Å². The summed E-state index contributed by atoms with van der Waals surface area (Å²) in [6.45, 7) is 2.04. The molecule has 1 aliphatic rings. The normalized spacial score (nSPS) is 19.4. The van der Waals surface area contributed by atoms with Gasteiger partial charge < -0.3 is 4.57 Å².